The van der Waals surface area contributed by atoms with Crippen LogP contribution in [0.3, 0.4) is 0 Å². The Morgan fingerprint density at radius 3 is 1.26 bits per heavy atom. The Morgan fingerprint density at radius 2 is 0.823 bits per heavy atom. The number of aliphatic hydroxyl groups is 2. The van der Waals surface area contributed by atoms with Crippen LogP contribution in [0.25, 0.3) is 0 Å². The van der Waals surface area contributed by atoms with Crippen molar-refractivity contribution in [1.29, 1.82) is 0 Å². The average molecular weight is 874 g/mol. The van der Waals surface area contributed by atoms with Crippen LogP contribution in [0.15, 0.2) is 24.3 Å². The average Bonchev–Trinajstić information content (AvgIpc) is 3.26. The maximum absolute atomic E-state index is 13.2. The van der Waals surface area contributed by atoms with Crippen molar-refractivity contribution in [2.75, 3.05) is 6.61 Å². The van der Waals surface area contributed by atoms with E-state index in [1.54, 1.807) is 0 Å². The van der Waals surface area contributed by atoms with Crippen molar-refractivity contribution in [2.45, 2.75) is 315 Å². The Bertz CT molecular complexity index is 981. The van der Waals surface area contributed by atoms with Gasteiger partial charge in [-0.3, -0.25) is 9.59 Å². The molecule has 0 heterocycles. The van der Waals surface area contributed by atoms with Crippen molar-refractivity contribution in [3.63, 3.8) is 0 Å². The van der Waals surface area contributed by atoms with Crippen LogP contribution in [0, 0.1) is 0 Å². The second-order valence-corrected chi connectivity index (χ2v) is 19.0. The number of carbonyl (C=O) groups is 2. The molecular formula is C56H107NO5. The fourth-order valence-electron chi connectivity index (χ4n) is 8.58. The monoisotopic (exact) mass is 874 g/mol. The van der Waals surface area contributed by atoms with Crippen LogP contribution in [0.4, 0.5) is 0 Å². The van der Waals surface area contributed by atoms with E-state index in [0.29, 0.717) is 19.3 Å². The van der Waals surface area contributed by atoms with Crippen molar-refractivity contribution in [1.82, 2.24) is 5.32 Å². The van der Waals surface area contributed by atoms with Crippen molar-refractivity contribution in [3.8, 4) is 0 Å². The summed E-state index contributed by atoms with van der Waals surface area (Å²) in [6.45, 7) is 6.48. The lowest BCUT2D eigenvalue weighted by Crippen LogP contribution is -2.46. The smallest absolute Gasteiger partial charge is 0.306 e. The van der Waals surface area contributed by atoms with E-state index in [-0.39, 0.29) is 24.9 Å². The van der Waals surface area contributed by atoms with Gasteiger partial charge in [0.1, 0.15) is 6.10 Å². The molecule has 0 saturated heterocycles. The first-order valence-corrected chi connectivity index (χ1v) is 27.6. The largest absolute Gasteiger partial charge is 0.462 e. The Morgan fingerprint density at radius 1 is 0.468 bits per heavy atom. The molecule has 0 radical (unpaired) electrons. The zero-order valence-corrected chi connectivity index (χ0v) is 41.8. The zero-order chi connectivity index (χ0) is 45.2. The van der Waals surface area contributed by atoms with Crippen LogP contribution in [-0.2, 0) is 14.3 Å². The highest BCUT2D eigenvalue weighted by molar-refractivity contribution is 5.77. The molecule has 0 fully saturated rings. The van der Waals surface area contributed by atoms with E-state index in [1.165, 1.54) is 199 Å². The van der Waals surface area contributed by atoms with E-state index in [0.717, 1.165) is 51.4 Å². The number of allylic oxidation sites excluding steroid dienone is 4. The standard InChI is InChI=1S/C56H107NO5/c1-4-7-10-13-16-19-22-24-26-27-28-29-30-32-34-37-40-43-46-49-56(61)62-52(47-44-41-38-35-21-18-15-12-9-6-3)50-55(60)57-53(51-58)54(59)48-45-42-39-36-33-31-25-23-20-17-14-11-8-5-2/h16,19,24,26,52-54,58-59H,4-15,17-18,20-23,25,27-51H2,1-3H3,(H,57,60)/b19-16-,26-24-. The van der Waals surface area contributed by atoms with E-state index in [1.807, 2.05) is 0 Å². The van der Waals surface area contributed by atoms with Crippen LogP contribution in [0.5, 0.6) is 0 Å². The number of amides is 1. The van der Waals surface area contributed by atoms with Gasteiger partial charge in [0.25, 0.3) is 0 Å². The summed E-state index contributed by atoms with van der Waals surface area (Å²) in [6, 6.07) is -0.697. The summed E-state index contributed by atoms with van der Waals surface area (Å²) >= 11 is 0. The molecule has 0 aliphatic heterocycles. The normalized spacial score (nSPS) is 13.3. The highest BCUT2D eigenvalue weighted by atomic mass is 16.5. The Labute approximate surface area is 386 Å². The van der Waals surface area contributed by atoms with Crippen molar-refractivity contribution in [3.05, 3.63) is 24.3 Å². The molecule has 62 heavy (non-hydrogen) atoms. The van der Waals surface area contributed by atoms with Crippen LogP contribution < -0.4 is 5.32 Å². The van der Waals surface area contributed by atoms with E-state index in [9.17, 15) is 19.8 Å². The van der Waals surface area contributed by atoms with E-state index < -0.39 is 18.2 Å². The molecule has 1 amide bonds. The number of nitrogens with one attached hydrogen (secondary N) is 1. The molecule has 0 rings (SSSR count). The van der Waals surface area contributed by atoms with Gasteiger partial charge in [0, 0.05) is 6.42 Å². The summed E-state index contributed by atoms with van der Waals surface area (Å²) < 4.78 is 5.94. The van der Waals surface area contributed by atoms with Crippen LogP contribution in [0.1, 0.15) is 297 Å². The minimum absolute atomic E-state index is 0.0814. The lowest BCUT2D eigenvalue weighted by molar-refractivity contribution is -0.151. The van der Waals surface area contributed by atoms with Crippen LogP contribution in [0.2, 0.25) is 0 Å². The number of carbonyl (C=O) groups excluding carboxylic acids is 2. The van der Waals surface area contributed by atoms with Crippen LogP contribution in [-0.4, -0.2) is 46.9 Å². The maximum Gasteiger partial charge on any atom is 0.306 e. The quantitative estimate of drug-likeness (QED) is 0.0321. The number of ether oxygens (including phenoxy) is 1. The van der Waals surface area contributed by atoms with E-state index in [4.69, 9.17) is 4.74 Å². The number of rotatable bonds is 50. The second-order valence-electron chi connectivity index (χ2n) is 19.0. The molecule has 0 aromatic heterocycles. The van der Waals surface area contributed by atoms with Gasteiger partial charge in [0.05, 0.1) is 25.2 Å². The third kappa shape index (κ3) is 44.9. The van der Waals surface area contributed by atoms with Gasteiger partial charge in [-0.05, 0) is 57.8 Å². The third-order valence-electron chi connectivity index (χ3n) is 12.8. The number of unbranched alkanes of at least 4 members (excludes halogenated alkanes) is 34. The van der Waals surface area contributed by atoms with Gasteiger partial charge in [0.2, 0.25) is 5.91 Å². The van der Waals surface area contributed by atoms with Gasteiger partial charge < -0.3 is 20.3 Å². The SMILES string of the molecule is CCCCC/C=C\C/C=C\CCCCCCCCCCCC(=O)OC(CCCCCCCCCCCC)CC(=O)NC(CO)C(O)CCCCCCCCCCCCCCCC. The molecule has 0 aliphatic carbocycles. The minimum atomic E-state index is -0.783. The third-order valence-corrected chi connectivity index (χ3v) is 12.8. The molecular weight excluding hydrogens is 767 g/mol. The first kappa shape index (κ1) is 60.3. The first-order valence-electron chi connectivity index (χ1n) is 27.6. The van der Waals surface area contributed by atoms with Crippen molar-refractivity contribution in [2.24, 2.45) is 0 Å². The molecule has 3 atom stereocenters. The van der Waals surface area contributed by atoms with E-state index >= 15 is 0 Å². The molecule has 3 N–H and O–H groups in total. The van der Waals surface area contributed by atoms with Gasteiger partial charge in [0.15, 0.2) is 0 Å². The Balaban J connectivity index is 4.42. The number of esters is 1. The molecule has 366 valence electrons. The topological polar surface area (TPSA) is 95.9 Å². The maximum atomic E-state index is 13.2. The Kier molecular flexibility index (Phi) is 49.0. The van der Waals surface area contributed by atoms with E-state index in [2.05, 4.69) is 50.4 Å². The molecule has 6 heteroatoms. The zero-order valence-electron chi connectivity index (χ0n) is 41.8. The van der Waals surface area contributed by atoms with Gasteiger partial charge in [-0.25, -0.2) is 0 Å². The molecule has 0 bridgehead atoms. The van der Waals surface area contributed by atoms with Gasteiger partial charge in [-0.1, -0.05) is 251 Å². The summed E-state index contributed by atoms with van der Waals surface area (Å²) in [5.41, 5.74) is 0. The summed E-state index contributed by atoms with van der Waals surface area (Å²) in [7, 11) is 0. The molecule has 0 saturated carbocycles. The molecule has 6 nitrogen and oxygen atoms in total. The lowest BCUT2D eigenvalue weighted by atomic mass is 10.0. The molecule has 0 spiro atoms. The lowest BCUT2D eigenvalue weighted by Gasteiger charge is -2.24. The fraction of sp³-hybridized carbons (Fsp3) is 0.893. The number of aliphatic hydroxyl groups excluding tert-OH is 2. The number of hydrogen-bond acceptors (Lipinski definition) is 5. The fourth-order valence-corrected chi connectivity index (χ4v) is 8.58. The summed E-state index contributed by atoms with van der Waals surface area (Å²) in [5, 5.41) is 23.8. The Hall–Kier alpha value is -1.66. The summed E-state index contributed by atoms with van der Waals surface area (Å²) in [6.07, 6.45) is 58.1. The number of hydrogen-bond donors (Lipinski definition) is 3. The summed E-state index contributed by atoms with van der Waals surface area (Å²) in [5.74, 6) is -0.463. The van der Waals surface area contributed by atoms with Crippen molar-refractivity contribution < 1.29 is 24.5 Å². The summed E-state index contributed by atoms with van der Waals surface area (Å²) in [4.78, 5) is 26.2. The molecule has 0 aromatic carbocycles. The van der Waals surface area contributed by atoms with Gasteiger partial charge in [-0.15, -0.1) is 0 Å². The predicted octanol–water partition coefficient (Wildman–Crippen LogP) is 16.7. The molecule has 3 unspecified atom stereocenters. The van der Waals surface area contributed by atoms with Crippen molar-refractivity contribution >= 4 is 11.9 Å². The van der Waals surface area contributed by atoms with Gasteiger partial charge >= 0.3 is 5.97 Å². The second kappa shape index (κ2) is 50.3. The minimum Gasteiger partial charge on any atom is -0.462 e. The molecule has 0 aromatic rings. The highest BCUT2D eigenvalue weighted by Crippen LogP contribution is 2.19. The first-order chi connectivity index (χ1) is 30.5. The van der Waals surface area contributed by atoms with Crippen LogP contribution >= 0.6 is 0 Å². The highest BCUT2D eigenvalue weighted by Gasteiger charge is 2.24. The molecule has 0 aliphatic rings. The predicted molar refractivity (Wildman–Crippen MR) is 269 cm³/mol. The van der Waals surface area contributed by atoms with Gasteiger partial charge in [-0.2, -0.15) is 0 Å².